The van der Waals surface area contributed by atoms with Crippen LogP contribution in [-0.4, -0.2) is 76.9 Å². The molecule has 0 spiro atoms. The molecule has 2 heterocycles. The van der Waals surface area contributed by atoms with Gasteiger partial charge in [-0.25, -0.2) is 0 Å². The van der Waals surface area contributed by atoms with Gasteiger partial charge in [0.05, 0.1) is 5.69 Å². The quantitative estimate of drug-likeness (QED) is 0.777. The lowest BCUT2D eigenvalue weighted by molar-refractivity contribution is 0.0681. The van der Waals surface area contributed by atoms with Crippen molar-refractivity contribution >= 4 is 16.1 Å². The molecular formula is C17H29N5O3S. The lowest BCUT2D eigenvalue weighted by Crippen LogP contribution is -2.55. The van der Waals surface area contributed by atoms with Crippen LogP contribution in [-0.2, 0) is 17.3 Å². The van der Waals surface area contributed by atoms with Crippen molar-refractivity contribution in [2.45, 2.75) is 45.1 Å². The molecule has 2 fully saturated rings. The van der Waals surface area contributed by atoms with Gasteiger partial charge in [0.1, 0.15) is 5.69 Å². The smallest absolute Gasteiger partial charge is 0.282 e. The van der Waals surface area contributed by atoms with Crippen LogP contribution in [0.1, 0.15) is 48.3 Å². The summed E-state index contributed by atoms with van der Waals surface area (Å²) in [5.74, 6) is -0.0919. The first-order valence-corrected chi connectivity index (χ1v) is 10.7. The van der Waals surface area contributed by atoms with Crippen molar-refractivity contribution in [3.05, 3.63) is 17.5 Å². The van der Waals surface area contributed by atoms with Crippen molar-refractivity contribution in [1.82, 2.24) is 23.3 Å². The van der Waals surface area contributed by atoms with Crippen LogP contribution in [0.5, 0.6) is 0 Å². The molecule has 0 unspecified atom stereocenters. The van der Waals surface area contributed by atoms with Gasteiger partial charge in [0.25, 0.3) is 16.1 Å². The van der Waals surface area contributed by atoms with Gasteiger partial charge in [-0.1, -0.05) is 19.3 Å². The first kappa shape index (κ1) is 19.3. The van der Waals surface area contributed by atoms with Gasteiger partial charge in [-0.15, -0.1) is 0 Å². The van der Waals surface area contributed by atoms with Crippen molar-refractivity contribution in [1.29, 1.82) is 0 Å². The molecule has 9 heteroatoms. The zero-order chi connectivity index (χ0) is 18.9. The maximum atomic E-state index is 12.9. The number of hydrogen-bond donors (Lipinski definition) is 0. The van der Waals surface area contributed by atoms with Gasteiger partial charge in [-0.2, -0.15) is 22.1 Å². The molecule has 1 amide bonds. The first-order chi connectivity index (χ1) is 12.3. The fraction of sp³-hybridized carbons (Fsp3) is 0.765. The maximum absolute atomic E-state index is 12.9. The Morgan fingerprint density at radius 1 is 1.15 bits per heavy atom. The van der Waals surface area contributed by atoms with Gasteiger partial charge in [0, 0.05) is 46.3 Å². The van der Waals surface area contributed by atoms with E-state index in [0.717, 1.165) is 31.4 Å². The lowest BCUT2D eigenvalue weighted by Gasteiger charge is -2.38. The summed E-state index contributed by atoms with van der Waals surface area (Å²) in [5, 5.41) is 4.21. The fourth-order valence-electron chi connectivity index (χ4n) is 3.91. The highest BCUT2D eigenvalue weighted by Crippen LogP contribution is 2.25. The summed E-state index contributed by atoms with van der Waals surface area (Å²) in [4.78, 5) is 14.4. The monoisotopic (exact) mass is 383 g/mol. The molecule has 0 radical (unpaired) electrons. The molecule has 8 nitrogen and oxygen atoms in total. The molecule has 1 saturated heterocycles. The Hall–Kier alpha value is -1.45. The van der Waals surface area contributed by atoms with Crippen molar-refractivity contribution in [2.75, 3.05) is 33.2 Å². The van der Waals surface area contributed by atoms with E-state index in [-0.39, 0.29) is 11.9 Å². The lowest BCUT2D eigenvalue weighted by atomic mass is 9.96. The van der Waals surface area contributed by atoms with Gasteiger partial charge < -0.3 is 4.90 Å². The van der Waals surface area contributed by atoms with Gasteiger partial charge in [0.2, 0.25) is 0 Å². The van der Waals surface area contributed by atoms with Gasteiger partial charge in [0.15, 0.2) is 0 Å². The summed E-state index contributed by atoms with van der Waals surface area (Å²) in [7, 11) is -0.0226. The number of aryl methyl sites for hydroxylation is 2. The van der Waals surface area contributed by atoms with Crippen molar-refractivity contribution < 1.29 is 13.2 Å². The van der Waals surface area contributed by atoms with Crippen LogP contribution in [0.4, 0.5) is 0 Å². The van der Waals surface area contributed by atoms with E-state index in [4.69, 9.17) is 0 Å². The summed E-state index contributed by atoms with van der Waals surface area (Å²) in [5.41, 5.74) is 1.34. The number of hydrogen-bond acceptors (Lipinski definition) is 4. The molecule has 0 atom stereocenters. The highest BCUT2D eigenvalue weighted by Gasteiger charge is 2.35. The van der Waals surface area contributed by atoms with Gasteiger partial charge in [-0.3, -0.25) is 9.48 Å². The second-order valence-electron chi connectivity index (χ2n) is 7.30. The minimum absolute atomic E-state index is 0.0919. The van der Waals surface area contributed by atoms with Crippen LogP contribution in [0, 0.1) is 6.92 Å². The van der Waals surface area contributed by atoms with E-state index in [1.54, 1.807) is 34.0 Å². The normalized spacial score (nSPS) is 20.7. The topological polar surface area (TPSA) is 78.8 Å². The molecule has 1 aliphatic heterocycles. The molecule has 3 rings (SSSR count). The zero-order valence-electron chi connectivity index (χ0n) is 15.9. The molecule has 1 aliphatic carbocycles. The van der Waals surface area contributed by atoms with Gasteiger partial charge in [-0.05, 0) is 25.8 Å². The second-order valence-corrected chi connectivity index (χ2v) is 9.29. The Morgan fingerprint density at radius 3 is 2.31 bits per heavy atom. The molecule has 0 bridgehead atoms. The number of aromatic nitrogens is 2. The third kappa shape index (κ3) is 3.79. The number of piperazine rings is 1. The summed E-state index contributed by atoms with van der Waals surface area (Å²) < 4.78 is 30.5. The molecule has 0 aromatic carbocycles. The summed E-state index contributed by atoms with van der Waals surface area (Å²) in [6.07, 6.45) is 5.26. The van der Waals surface area contributed by atoms with Crippen LogP contribution in [0.3, 0.4) is 0 Å². The molecule has 1 aromatic rings. The third-order valence-electron chi connectivity index (χ3n) is 5.53. The number of carbonyl (C=O) groups is 1. The van der Waals surface area contributed by atoms with Gasteiger partial charge >= 0.3 is 0 Å². The SMILES string of the molecule is Cc1cc(C(=O)N2CCN(S(=O)(=O)N(C)C3CCCCC3)CC2)n(C)n1. The zero-order valence-corrected chi connectivity index (χ0v) is 16.7. The molecule has 146 valence electrons. The highest BCUT2D eigenvalue weighted by atomic mass is 32.2. The minimum Gasteiger partial charge on any atom is -0.335 e. The van der Waals surface area contributed by atoms with E-state index in [1.807, 2.05) is 6.92 Å². The Bertz CT molecular complexity index is 746. The average Bonchev–Trinajstić information content (AvgIpc) is 2.99. The molecule has 1 aromatic heterocycles. The molecule has 1 saturated carbocycles. The van der Waals surface area contributed by atoms with E-state index in [2.05, 4.69) is 5.10 Å². The minimum atomic E-state index is -3.47. The molecule has 2 aliphatic rings. The number of rotatable bonds is 4. The number of amides is 1. The Morgan fingerprint density at radius 2 is 1.77 bits per heavy atom. The first-order valence-electron chi connectivity index (χ1n) is 9.33. The predicted octanol–water partition coefficient (Wildman–Crippen LogP) is 0.996. The van der Waals surface area contributed by atoms with Crippen molar-refractivity contribution in [2.24, 2.45) is 7.05 Å². The average molecular weight is 384 g/mol. The standard InChI is InChI=1S/C17H29N5O3S/c1-14-13-16(19(2)18-14)17(23)21-9-11-22(12-10-21)26(24,25)20(3)15-7-5-4-6-8-15/h13,15H,4-12H2,1-3H3. The summed E-state index contributed by atoms with van der Waals surface area (Å²) in [6.45, 7) is 3.33. The van der Waals surface area contributed by atoms with Crippen LogP contribution < -0.4 is 0 Å². The second kappa shape index (κ2) is 7.66. The van der Waals surface area contributed by atoms with Crippen LogP contribution in [0.15, 0.2) is 6.07 Å². The maximum Gasteiger partial charge on any atom is 0.282 e. The highest BCUT2D eigenvalue weighted by molar-refractivity contribution is 7.86. The van der Waals surface area contributed by atoms with E-state index in [0.29, 0.717) is 31.9 Å². The summed E-state index contributed by atoms with van der Waals surface area (Å²) >= 11 is 0. The van der Waals surface area contributed by atoms with Crippen LogP contribution >= 0.6 is 0 Å². The van der Waals surface area contributed by atoms with E-state index in [9.17, 15) is 13.2 Å². The Labute approximate surface area is 155 Å². The van der Waals surface area contributed by atoms with Crippen molar-refractivity contribution in [3.8, 4) is 0 Å². The predicted molar refractivity (Wildman–Crippen MR) is 99.0 cm³/mol. The van der Waals surface area contributed by atoms with E-state index < -0.39 is 10.2 Å². The van der Waals surface area contributed by atoms with E-state index >= 15 is 0 Å². The molecule has 0 N–H and O–H groups in total. The Kier molecular flexibility index (Phi) is 5.69. The fourth-order valence-corrected chi connectivity index (χ4v) is 5.49. The third-order valence-corrected chi connectivity index (χ3v) is 7.57. The van der Waals surface area contributed by atoms with Crippen LogP contribution in [0.2, 0.25) is 0 Å². The van der Waals surface area contributed by atoms with Crippen LogP contribution in [0.25, 0.3) is 0 Å². The molecular weight excluding hydrogens is 354 g/mol. The number of nitrogens with zero attached hydrogens (tertiary/aromatic N) is 5. The van der Waals surface area contributed by atoms with Crippen molar-refractivity contribution in [3.63, 3.8) is 0 Å². The van der Waals surface area contributed by atoms with E-state index in [1.165, 1.54) is 10.7 Å². The Balaban J connectivity index is 1.62. The summed E-state index contributed by atoms with van der Waals surface area (Å²) in [6, 6.07) is 1.87. The number of carbonyl (C=O) groups excluding carboxylic acids is 1. The largest absolute Gasteiger partial charge is 0.335 e. The molecule has 26 heavy (non-hydrogen) atoms.